The second-order valence-corrected chi connectivity index (χ2v) is 9.08. The lowest BCUT2D eigenvalue weighted by Crippen LogP contribution is -2.36. The Hall–Kier alpha value is -4.34. The normalized spacial score (nSPS) is 17.4. The molecular formula is C27H25F2N5O3. The van der Waals surface area contributed by atoms with Crippen LogP contribution < -0.4 is 15.0 Å². The van der Waals surface area contributed by atoms with E-state index in [1.54, 1.807) is 41.8 Å². The molecule has 0 spiro atoms. The van der Waals surface area contributed by atoms with Gasteiger partial charge in [-0.05, 0) is 38.1 Å². The first-order valence-electron chi connectivity index (χ1n) is 11.8. The van der Waals surface area contributed by atoms with Crippen LogP contribution in [-0.2, 0) is 4.79 Å². The summed E-state index contributed by atoms with van der Waals surface area (Å²) in [6, 6.07) is 12.6. The van der Waals surface area contributed by atoms with E-state index < -0.39 is 23.5 Å². The Balaban J connectivity index is 1.52. The first-order chi connectivity index (χ1) is 17.8. The molecule has 1 aliphatic rings. The van der Waals surface area contributed by atoms with Gasteiger partial charge in [0.15, 0.2) is 5.65 Å². The van der Waals surface area contributed by atoms with Gasteiger partial charge in [-0.3, -0.25) is 14.0 Å². The van der Waals surface area contributed by atoms with Crippen molar-refractivity contribution in [1.29, 1.82) is 0 Å². The Morgan fingerprint density at radius 1 is 1.11 bits per heavy atom. The van der Waals surface area contributed by atoms with Gasteiger partial charge in [0.05, 0.1) is 18.7 Å². The number of amides is 2. The first-order valence-corrected chi connectivity index (χ1v) is 11.8. The summed E-state index contributed by atoms with van der Waals surface area (Å²) in [4.78, 5) is 28.0. The average molecular weight is 506 g/mol. The molecule has 1 saturated heterocycles. The number of carbonyl (C=O) groups is 2. The van der Waals surface area contributed by atoms with E-state index in [-0.39, 0.29) is 36.2 Å². The van der Waals surface area contributed by atoms with Crippen LogP contribution in [0.1, 0.15) is 33.2 Å². The molecule has 1 aliphatic heterocycles. The molecule has 2 amide bonds. The molecule has 0 aliphatic carbocycles. The van der Waals surface area contributed by atoms with Gasteiger partial charge in [-0.15, -0.1) is 10.2 Å². The number of hydrogen-bond acceptors (Lipinski definition) is 5. The van der Waals surface area contributed by atoms with Crippen LogP contribution in [-0.4, -0.2) is 46.6 Å². The molecule has 2 aromatic carbocycles. The standard InChI is InChI=1S/C27H25F2N5O3/c1-15-6-8-17(9-7-15)26(35)30-13-19-20(24-21(28)11-18(37-3)12-22(24)29)14-34(27(19)36)23-5-4-10-33-16(2)31-32-25(23)33/h4-12,19-20H,13-14H2,1-3H3,(H,30,35)/t19?,20-/m1/s1. The van der Waals surface area contributed by atoms with Crippen molar-refractivity contribution in [2.75, 3.05) is 25.1 Å². The lowest BCUT2D eigenvalue weighted by Gasteiger charge is -2.19. The van der Waals surface area contributed by atoms with E-state index in [1.807, 2.05) is 19.1 Å². The lowest BCUT2D eigenvalue weighted by atomic mass is 9.87. The third kappa shape index (κ3) is 4.39. The van der Waals surface area contributed by atoms with E-state index in [4.69, 9.17) is 4.74 Å². The van der Waals surface area contributed by atoms with Crippen LogP contribution in [0, 0.1) is 31.4 Å². The molecule has 37 heavy (non-hydrogen) atoms. The predicted octanol–water partition coefficient (Wildman–Crippen LogP) is 3.81. The molecule has 1 unspecified atom stereocenters. The van der Waals surface area contributed by atoms with Crippen molar-refractivity contribution in [3.8, 4) is 5.75 Å². The van der Waals surface area contributed by atoms with Gasteiger partial charge in [0.2, 0.25) is 5.91 Å². The highest BCUT2D eigenvalue weighted by Gasteiger charge is 2.45. The van der Waals surface area contributed by atoms with Crippen LogP contribution in [0.15, 0.2) is 54.7 Å². The van der Waals surface area contributed by atoms with Gasteiger partial charge in [-0.25, -0.2) is 8.78 Å². The van der Waals surface area contributed by atoms with Gasteiger partial charge in [-0.2, -0.15) is 0 Å². The van der Waals surface area contributed by atoms with Crippen LogP contribution >= 0.6 is 0 Å². The minimum Gasteiger partial charge on any atom is -0.497 e. The van der Waals surface area contributed by atoms with E-state index in [0.29, 0.717) is 22.7 Å². The highest BCUT2D eigenvalue weighted by Crippen LogP contribution is 2.40. The van der Waals surface area contributed by atoms with Crippen molar-refractivity contribution in [3.05, 3.63) is 88.9 Å². The topological polar surface area (TPSA) is 88.8 Å². The maximum absolute atomic E-state index is 15.2. The summed E-state index contributed by atoms with van der Waals surface area (Å²) < 4.78 is 37.1. The predicted molar refractivity (Wildman–Crippen MR) is 133 cm³/mol. The van der Waals surface area contributed by atoms with E-state index in [1.165, 1.54) is 12.0 Å². The number of ether oxygens (including phenoxy) is 1. The fraction of sp³-hybridized carbons (Fsp3) is 0.259. The molecule has 8 nitrogen and oxygen atoms in total. The summed E-state index contributed by atoms with van der Waals surface area (Å²) in [7, 11) is 1.32. The number of halogens is 2. The van der Waals surface area contributed by atoms with Crippen molar-refractivity contribution in [2.45, 2.75) is 19.8 Å². The van der Waals surface area contributed by atoms with E-state index in [0.717, 1.165) is 17.7 Å². The first kappa shape index (κ1) is 24.4. The Morgan fingerprint density at radius 3 is 2.49 bits per heavy atom. The number of aryl methyl sites for hydroxylation is 2. The van der Waals surface area contributed by atoms with Gasteiger partial charge >= 0.3 is 0 Å². The number of fused-ring (bicyclic) bond motifs is 1. The molecule has 0 saturated carbocycles. The zero-order valence-corrected chi connectivity index (χ0v) is 20.5. The smallest absolute Gasteiger partial charge is 0.251 e. The van der Waals surface area contributed by atoms with Crippen LogP contribution in [0.5, 0.6) is 5.75 Å². The number of nitrogens with zero attached hydrogens (tertiary/aromatic N) is 4. The largest absolute Gasteiger partial charge is 0.497 e. The number of nitrogens with one attached hydrogen (secondary N) is 1. The Kier molecular flexibility index (Phi) is 6.32. The van der Waals surface area contributed by atoms with Crippen molar-refractivity contribution in [3.63, 3.8) is 0 Å². The SMILES string of the molecule is COc1cc(F)c([C@@H]2CN(c3cccn4c(C)nnc34)C(=O)C2CNC(=O)c2ccc(C)cc2)c(F)c1. The fourth-order valence-electron chi connectivity index (χ4n) is 4.80. The number of methoxy groups -OCH3 is 1. The summed E-state index contributed by atoms with van der Waals surface area (Å²) in [6.07, 6.45) is 1.77. The summed E-state index contributed by atoms with van der Waals surface area (Å²) in [5.41, 5.74) is 2.12. The zero-order chi connectivity index (χ0) is 26.3. The number of benzene rings is 2. The molecule has 5 rings (SSSR count). The minimum atomic E-state index is -0.920. The monoisotopic (exact) mass is 505 g/mol. The average Bonchev–Trinajstić information content (AvgIpc) is 3.42. The molecule has 2 aromatic heterocycles. The number of aromatic nitrogens is 3. The van der Waals surface area contributed by atoms with Crippen molar-refractivity contribution >= 4 is 23.1 Å². The van der Waals surface area contributed by atoms with Crippen LogP contribution in [0.3, 0.4) is 0 Å². The van der Waals surface area contributed by atoms with Gasteiger partial charge < -0.3 is 15.0 Å². The van der Waals surface area contributed by atoms with Crippen LogP contribution in [0.2, 0.25) is 0 Å². The van der Waals surface area contributed by atoms with Crippen LogP contribution in [0.25, 0.3) is 5.65 Å². The number of hydrogen-bond donors (Lipinski definition) is 1. The maximum atomic E-state index is 15.2. The van der Waals surface area contributed by atoms with Gasteiger partial charge in [0.25, 0.3) is 5.91 Å². The Labute approximate surface area is 211 Å². The summed E-state index contributed by atoms with van der Waals surface area (Å²) in [6.45, 7) is 3.58. The van der Waals surface area contributed by atoms with E-state index in [2.05, 4.69) is 15.5 Å². The maximum Gasteiger partial charge on any atom is 0.251 e. The summed E-state index contributed by atoms with van der Waals surface area (Å²) in [5.74, 6) is -3.52. The summed E-state index contributed by atoms with van der Waals surface area (Å²) >= 11 is 0. The van der Waals surface area contributed by atoms with Crippen molar-refractivity contribution in [1.82, 2.24) is 19.9 Å². The fourth-order valence-corrected chi connectivity index (χ4v) is 4.80. The summed E-state index contributed by atoms with van der Waals surface area (Å²) in [5, 5.41) is 11.0. The molecule has 10 heteroatoms. The number of rotatable bonds is 6. The van der Waals surface area contributed by atoms with Gasteiger partial charge in [0.1, 0.15) is 23.2 Å². The molecule has 4 aromatic rings. The van der Waals surface area contributed by atoms with Gasteiger partial charge in [0, 0.05) is 48.5 Å². The number of anilines is 1. The Bertz CT molecular complexity index is 1480. The number of pyridine rings is 1. The highest BCUT2D eigenvalue weighted by atomic mass is 19.1. The minimum absolute atomic E-state index is 0.00431. The molecule has 190 valence electrons. The second-order valence-electron chi connectivity index (χ2n) is 9.08. The third-order valence-corrected chi connectivity index (χ3v) is 6.78. The van der Waals surface area contributed by atoms with Crippen LogP contribution in [0.4, 0.5) is 14.5 Å². The molecule has 2 atom stereocenters. The van der Waals surface area contributed by atoms with Gasteiger partial charge in [-0.1, -0.05) is 17.7 Å². The zero-order valence-electron chi connectivity index (χ0n) is 20.5. The van der Waals surface area contributed by atoms with Crippen molar-refractivity contribution < 1.29 is 23.1 Å². The lowest BCUT2D eigenvalue weighted by molar-refractivity contribution is -0.120. The highest BCUT2D eigenvalue weighted by molar-refractivity contribution is 6.02. The number of carbonyl (C=O) groups excluding carboxylic acids is 2. The quantitative estimate of drug-likeness (QED) is 0.431. The van der Waals surface area contributed by atoms with E-state index in [9.17, 15) is 9.59 Å². The molecule has 0 radical (unpaired) electrons. The molecule has 0 bridgehead atoms. The molecule has 1 fully saturated rings. The molecule has 3 heterocycles. The second kappa shape index (κ2) is 9.61. The molecular weight excluding hydrogens is 480 g/mol. The van der Waals surface area contributed by atoms with E-state index >= 15 is 8.78 Å². The van der Waals surface area contributed by atoms with Crippen molar-refractivity contribution in [2.24, 2.45) is 5.92 Å². The Morgan fingerprint density at radius 2 is 1.81 bits per heavy atom. The third-order valence-electron chi connectivity index (χ3n) is 6.78. The molecule has 1 N–H and O–H groups in total.